The summed E-state index contributed by atoms with van der Waals surface area (Å²) in [4.78, 5) is 10.9. The van der Waals surface area contributed by atoms with Crippen LogP contribution >= 0.6 is 12.6 Å². The van der Waals surface area contributed by atoms with Gasteiger partial charge in [0.25, 0.3) is 0 Å². The fourth-order valence-corrected chi connectivity index (χ4v) is 3.61. The fraction of sp³-hybridized carbons (Fsp3) is 0.474. The Bertz CT molecular complexity index is 776. The molecular weight excluding hydrogens is 375 g/mol. The normalized spacial score (nSPS) is 19.7. The third-order valence-corrected chi connectivity index (χ3v) is 4.91. The van der Waals surface area contributed by atoms with Crippen molar-refractivity contribution < 1.29 is 17.9 Å². The van der Waals surface area contributed by atoms with Crippen molar-refractivity contribution in [3.05, 3.63) is 53.1 Å². The van der Waals surface area contributed by atoms with Gasteiger partial charge in [-0.3, -0.25) is 0 Å². The molecule has 0 radical (unpaired) electrons. The molecule has 0 unspecified atom stereocenters. The Morgan fingerprint density at radius 3 is 2.56 bits per heavy atom. The van der Waals surface area contributed by atoms with Crippen molar-refractivity contribution in [1.82, 2.24) is 9.97 Å². The highest BCUT2D eigenvalue weighted by Crippen LogP contribution is 2.26. The Morgan fingerprint density at radius 1 is 1.15 bits per heavy atom. The standard InChI is InChI=1S/C19H22F3N3OS/c1-2-3-12-7-23-19(24-8-12)25-9-15(27)5-14(25)11-26-10-13-4-17(21)18(22)6-16(13)20/h4,6-8,14-15,27H,2-3,5,9-11H2,1H3/t14-,15+/m0/s1. The van der Waals surface area contributed by atoms with Crippen molar-refractivity contribution in [2.45, 2.75) is 44.1 Å². The zero-order valence-electron chi connectivity index (χ0n) is 15.0. The summed E-state index contributed by atoms with van der Waals surface area (Å²) in [7, 11) is 0. The molecule has 0 saturated carbocycles. The molecule has 2 atom stereocenters. The summed E-state index contributed by atoms with van der Waals surface area (Å²) >= 11 is 4.54. The SMILES string of the molecule is CCCc1cnc(N2C[C@H](S)C[C@H]2COCc2cc(F)c(F)cc2F)nc1. The number of hydrogen-bond acceptors (Lipinski definition) is 5. The smallest absolute Gasteiger partial charge is 0.225 e. The fourth-order valence-electron chi connectivity index (χ4n) is 3.19. The van der Waals surface area contributed by atoms with Gasteiger partial charge in [0.1, 0.15) is 5.82 Å². The predicted octanol–water partition coefficient (Wildman–Crippen LogP) is 3.94. The molecule has 0 amide bonds. The quantitative estimate of drug-likeness (QED) is 0.567. The summed E-state index contributed by atoms with van der Waals surface area (Å²) in [5.41, 5.74) is 1.07. The van der Waals surface area contributed by atoms with Crippen LogP contribution < -0.4 is 4.90 Å². The van der Waals surface area contributed by atoms with Gasteiger partial charge in [0.05, 0.1) is 19.3 Å². The summed E-state index contributed by atoms with van der Waals surface area (Å²) in [6, 6.07) is 1.34. The molecule has 2 heterocycles. The van der Waals surface area contributed by atoms with Crippen LogP contribution in [0.15, 0.2) is 24.5 Å². The second-order valence-corrected chi connectivity index (χ2v) is 7.44. The molecule has 1 saturated heterocycles. The van der Waals surface area contributed by atoms with E-state index in [0.717, 1.165) is 30.9 Å². The highest BCUT2D eigenvalue weighted by Gasteiger charge is 2.32. The van der Waals surface area contributed by atoms with Crippen LogP contribution in [-0.4, -0.2) is 34.4 Å². The van der Waals surface area contributed by atoms with Crippen molar-refractivity contribution in [3.63, 3.8) is 0 Å². The number of halogens is 3. The van der Waals surface area contributed by atoms with Crippen molar-refractivity contribution in [1.29, 1.82) is 0 Å². The first kappa shape index (κ1) is 19.9. The minimum atomic E-state index is -1.21. The van der Waals surface area contributed by atoms with Gasteiger partial charge in [-0.05, 0) is 24.5 Å². The minimum absolute atomic E-state index is 0.0129. The van der Waals surface area contributed by atoms with E-state index in [1.54, 1.807) is 0 Å². The van der Waals surface area contributed by atoms with Crippen LogP contribution in [0.25, 0.3) is 0 Å². The van der Waals surface area contributed by atoms with Crippen LogP contribution in [0.2, 0.25) is 0 Å². The molecule has 1 aromatic carbocycles. The third kappa shape index (κ3) is 4.93. The number of aryl methyl sites for hydroxylation is 1. The van der Waals surface area contributed by atoms with Crippen LogP contribution in [0.4, 0.5) is 19.1 Å². The van der Waals surface area contributed by atoms with Crippen molar-refractivity contribution in [2.24, 2.45) is 0 Å². The van der Waals surface area contributed by atoms with Crippen LogP contribution in [0.5, 0.6) is 0 Å². The summed E-state index contributed by atoms with van der Waals surface area (Å²) in [5.74, 6) is -2.51. The summed E-state index contributed by atoms with van der Waals surface area (Å²) in [5, 5.41) is 0.150. The van der Waals surface area contributed by atoms with Crippen molar-refractivity contribution in [3.8, 4) is 0 Å². The molecule has 8 heteroatoms. The second kappa shape index (κ2) is 8.93. The van der Waals surface area contributed by atoms with E-state index in [-0.39, 0.29) is 30.1 Å². The Balaban J connectivity index is 1.62. The molecule has 27 heavy (non-hydrogen) atoms. The second-order valence-electron chi connectivity index (χ2n) is 6.71. The first-order valence-corrected chi connectivity index (χ1v) is 9.46. The van der Waals surface area contributed by atoms with Gasteiger partial charge in [-0.2, -0.15) is 12.6 Å². The van der Waals surface area contributed by atoms with Crippen LogP contribution in [0.1, 0.15) is 30.9 Å². The molecule has 1 aromatic heterocycles. The van der Waals surface area contributed by atoms with Gasteiger partial charge in [-0.25, -0.2) is 23.1 Å². The van der Waals surface area contributed by atoms with E-state index in [4.69, 9.17) is 4.74 Å². The van der Waals surface area contributed by atoms with E-state index >= 15 is 0 Å². The van der Waals surface area contributed by atoms with E-state index in [0.29, 0.717) is 18.6 Å². The number of hydrogen-bond donors (Lipinski definition) is 1. The molecule has 146 valence electrons. The van der Waals surface area contributed by atoms with Gasteiger partial charge < -0.3 is 9.64 Å². The van der Waals surface area contributed by atoms with E-state index in [2.05, 4.69) is 29.5 Å². The number of benzene rings is 1. The monoisotopic (exact) mass is 397 g/mol. The Morgan fingerprint density at radius 2 is 1.85 bits per heavy atom. The maximum atomic E-state index is 13.7. The zero-order chi connectivity index (χ0) is 19.4. The molecule has 0 bridgehead atoms. The van der Waals surface area contributed by atoms with Crippen LogP contribution in [0, 0.1) is 17.5 Å². The van der Waals surface area contributed by atoms with E-state index < -0.39 is 17.5 Å². The van der Waals surface area contributed by atoms with E-state index in [1.807, 2.05) is 17.3 Å². The number of rotatable bonds is 7. The lowest BCUT2D eigenvalue weighted by atomic mass is 10.2. The number of anilines is 1. The minimum Gasteiger partial charge on any atom is -0.375 e. The lowest BCUT2D eigenvalue weighted by Crippen LogP contribution is -2.34. The summed E-state index contributed by atoms with van der Waals surface area (Å²) in [6.45, 7) is 2.93. The molecule has 1 aliphatic heterocycles. The lowest BCUT2D eigenvalue weighted by molar-refractivity contribution is 0.106. The molecule has 2 aromatic rings. The topological polar surface area (TPSA) is 38.2 Å². The Hall–Kier alpha value is -1.80. The van der Waals surface area contributed by atoms with Gasteiger partial charge in [-0.1, -0.05) is 13.3 Å². The summed E-state index contributed by atoms with van der Waals surface area (Å²) < 4.78 is 45.6. The number of ether oxygens (including phenoxy) is 1. The Kier molecular flexibility index (Phi) is 6.59. The molecule has 0 N–H and O–H groups in total. The van der Waals surface area contributed by atoms with Gasteiger partial charge in [0.2, 0.25) is 5.95 Å². The van der Waals surface area contributed by atoms with Crippen LogP contribution in [-0.2, 0) is 17.8 Å². The predicted molar refractivity (Wildman–Crippen MR) is 101 cm³/mol. The first-order chi connectivity index (χ1) is 13.0. The third-order valence-electron chi connectivity index (χ3n) is 4.54. The van der Waals surface area contributed by atoms with Gasteiger partial charge in [-0.15, -0.1) is 0 Å². The molecule has 1 fully saturated rings. The number of thiol groups is 1. The molecule has 3 rings (SSSR count). The lowest BCUT2D eigenvalue weighted by Gasteiger charge is -2.24. The largest absolute Gasteiger partial charge is 0.375 e. The highest BCUT2D eigenvalue weighted by atomic mass is 32.1. The average Bonchev–Trinajstić information content (AvgIpc) is 3.01. The maximum absolute atomic E-state index is 13.7. The van der Waals surface area contributed by atoms with Crippen molar-refractivity contribution in [2.75, 3.05) is 18.1 Å². The van der Waals surface area contributed by atoms with Crippen molar-refractivity contribution >= 4 is 18.6 Å². The van der Waals surface area contributed by atoms with Gasteiger partial charge in [0.15, 0.2) is 11.6 Å². The molecule has 0 spiro atoms. The van der Waals surface area contributed by atoms with Gasteiger partial charge in [0, 0.05) is 35.8 Å². The zero-order valence-corrected chi connectivity index (χ0v) is 15.9. The average molecular weight is 397 g/mol. The first-order valence-electron chi connectivity index (χ1n) is 8.94. The highest BCUT2D eigenvalue weighted by molar-refractivity contribution is 7.81. The number of aromatic nitrogens is 2. The molecule has 4 nitrogen and oxygen atoms in total. The number of nitrogens with zero attached hydrogens (tertiary/aromatic N) is 3. The van der Waals surface area contributed by atoms with Crippen LogP contribution in [0.3, 0.4) is 0 Å². The molecule has 0 aliphatic carbocycles. The summed E-state index contributed by atoms with van der Waals surface area (Å²) in [6.07, 6.45) is 6.38. The van der Waals surface area contributed by atoms with Gasteiger partial charge >= 0.3 is 0 Å². The maximum Gasteiger partial charge on any atom is 0.225 e. The van der Waals surface area contributed by atoms with E-state index in [9.17, 15) is 13.2 Å². The Labute approximate surface area is 162 Å². The molecule has 1 aliphatic rings. The van der Waals surface area contributed by atoms with E-state index in [1.165, 1.54) is 0 Å². The molecular formula is C19H22F3N3OS.